The number of pyridine rings is 1. The van der Waals surface area contributed by atoms with Crippen LogP contribution in [0.2, 0.25) is 0 Å². The Morgan fingerprint density at radius 1 is 1.14 bits per heavy atom. The molecule has 0 aliphatic heterocycles. The molecular weight excluding hydrogens is 266 g/mol. The van der Waals surface area contributed by atoms with E-state index in [0.717, 1.165) is 11.4 Å². The number of methoxy groups -OCH3 is 1. The summed E-state index contributed by atoms with van der Waals surface area (Å²) >= 11 is 0. The first-order chi connectivity index (χ1) is 10.3. The number of benzene rings is 1. The largest absolute Gasteiger partial charge is 0.368 e. The number of ether oxygens (including phenoxy) is 1. The van der Waals surface area contributed by atoms with Crippen molar-refractivity contribution in [1.29, 1.82) is 0 Å². The van der Waals surface area contributed by atoms with Crippen molar-refractivity contribution in [3.63, 3.8) is 0 Å². The molecule has 0 fully saturated rings. The molecule has 0 aliphatic rings. The van der Waals surface area contributed by atoms with Gasteiger partial charge in [-0.05, 0) is 17.7 Å². The lowest BCUT2D eigenvalue weighted by atomic mass is 10.1. The quantitative estimate of drug-likeness (QED) is 0.764. The van der Waals surface area contributed by atoms with Crippen molar-refractivity contribution in [2.24, 2.45) is 0 Å². The predicted octanol–water partition coefficient (Wildman–Crippen LogP) is 2.00. The van der Waals surface area contributed by atoms with E-state index in [1.54, 1.807) is 6.20 Å². The van der Waals surface area contributed by atoms with Crippen LogP contribution in [0, 0.1) is 0 Å². The summed E-state index contributed by atoms with van der Waals surface area (Å²) in [4.78, 5) is 16.3. The van der Waals surface area contributed by atoms with Gasteiger partial charge in [0.15, 0.2) is 6.10 Å². The molecule has 1 atom stereocenters. The molecule has 2 rings (SSSR count). The molecule has 1 aromatic heterocycles. The van der Waals surface area contributed by atoms with Crippen LogP contribution in [0.5, 0.6) is 0 Å². The maximum absolute atomic E-state index is 12.1. The molecule has 1 heterocycles. The molecule has 0 saturated carbocycles. The van der Waals surface area contributed by atoms with Crippen LogP contribution in [0.1, 0.15) is 11.7 Å². The van der Waals surface area contributed by atoms with Crippen molar-refractivity contribution in [3.8, 4) is 0 Å². The topological polar surface area (TPSA) is 63.2 Å². The highest BCUT2D eigenvalue weighted by Crippen LogP contribution is 2.15. The Balaban J connectivity index is 1.78. The lowest BCUT2D eigenvalue weighted by molar-refractivity contribution is -0.131. The number of carbonyl (C=O) groups is 1. The minimum atomic E-state index is -0.582. The van der Waals surface area contributed by atoms with Crippen molar-refractivity contribution in [2.75, 3.05) is 25.5 Å². The van der Waals surface area contributed by atoms with Gasteiger partial charge < -0.3 is 15.4 Å². The summed E-state index contributed by atoms with van der Waals surface area (Å²) in [6.45, 7) is 1.11. The number of hydrogen-bond acceptors (Lipinski definition) is 4. The first-order valence-electron chi connectivity index (χ1n) is 6.81. The SMILES string of the molecule is COC(C(=O)NCCNc1ccccn1)c1ccccc1. The minimum Gasteiger partial charge on any atom is -0.368 e. The number of rotatable bonds is 7. The third kappa shape index (κ3) is 4.57. The molecule has 5 nitrogen and oxygen atoms in total. The van der Waals surface area contributed by atoms with Crippen LogP contribution < -0.4 is 10.6 Å². The second-order valence-corrected chi connectivity index (χ2v) is 4.46. The van der Waals surface area contributed by atoms with E-state index < -0.39 is 6.10 Å². The highest BCUT2D eigenvalue weighted by Gasteiger charge is 2.18. The van der Waals surface area contributed by atoms with Crippen molar-refractivity contribution in [1.82, 2.24) is 10.3 Å². The Bertz CT molecular complexity index is 546. The zero-order chi connectivity index (χ0) is 14.9. The second kappa shape index (κ2) is 8.01. The maximum atomic E-state index is 12.1. The second-order valence-electron chi connectivity index (χ2n) is 4.46. The molecule has 0 saturated heterocycles. The Hall–Kier alpha value is -2.40. The number of anilines is 1. The number of aromatic nitrogens is 1. The van der Waals surface area contributed by atoms with Crippen LogP contribution in [-0.2, 0) is 9.53 Å². The first-order valence-corrected chi connectivity index (χ1v) is 6.81. The van der Waals surface area contributed by atoms with E-state index in [0.29, 0.717) is 13.1 Å². The molecule has 0 bridgehead atoms. The Labute approximate surface area is 124 Å². The normalized spacial score (nSPS) is 11.7. The van der Waals surface area contributed by atoms with Gasteiger partial charge >= 0.3 is 0 Å². The summed E-state index contributed by atoms with van der Waals surface area (Å²) < 4.78 is 5.27. The summed E-state index contributed by atoms with van der Waals surface area (Å²) in [6, 6.07) is 15.1. The van der Waals surface area contributed by atoms with Crippen LogP contribution in [0.25, 0.3) is 0 Å². The van der Waals surface area contributed by atoms with Gasteiger partial charge in [0.2, 0.25) is 0 Å². The molecule has 2 aromatic rings. The van der Waals surface area contributed by atoms with Crippen LogP contribution in [-0.4, -0.2) is 31.1 Å². The Morgan fingerprint density at radius 3 is 2.57 bits per heavy atom. The van der Waals surface area contributed by atoms with Crippen molar-refractivity contribution < 1.29 is 9.53 Å². The van der Waals surface area contributed by atoms with Crippen molar-refractivity contribution in [3.05, 3.63) is 60.3 Å². The smallest absolute Gasteiger partial charge is 0.253 e. The van der Waals surface area contributed by atoms with E-state index >= 15 is 0 Å². The highest BCUT2D eigenvalue weighted by molar-refractivity contribution is 5.82. The average Bonchev–Trinajstić information content (AvgIpc) is 2.54. The third-order valence-electron chi connectivity index (χ3n) is 2.97. The Kier molecular flexibility index (Phi) is 5.72. The van der Waals surface area contributed by atoms with E-state index in [1.807, 2.05) is 48.5 Å². The fourth-order valence-electron chi connectivity index (χ4n) is 1.96. The lowest BCUT2D eigenvalue weighted by Crippen LogP contribution is -2.33. The molecule has 1 amide bonds. The maximum Gasteiger partial charge on any atom is 0.253 e. The van der Waals surface area contributed by atoms with Gasteiger partial charge in [0.25, 0.3) is 5.91 Å². The monoisotopic (exact) mass is 285 g/mol. The van der Waals surface area contributed by atoms with E-state index in [9.17, 15) is 4.79 Å². The standard InChI is InChI=1S/C16H19N3O2/c1-21-15(13-7-3-2-4-8-13)16(20)19-12-11-18-14-9-5-6-10-17-14/h2-10,15H,11-12H2,1H3,(H,17,18)(H,19,20). The average molecular weight is 285 g/mol. The van der Waals surface area contributed by atoms with Gasteiger partial charge in [-0.3, -0.25) is 4.79 Å². The van der Waals surface area contributed by atoms with Gasteiger partial charge in [-0.1, -0.05) is 36.4 Å². The molecule has 0 aliphatic carbocycles. The summed E-state index contributed by atoms with van der Waals surface area (Å²) in [5.74, 6) is 0.643. The summed E-state index contributed by atoms with van der Waals surface area (Å²) in [5.41, 5.74) is 0.843. The summed E-state index contributed by atoms with van der Waals surface area (Å²) in [7, 11) is 1.53. The number of carbonyl (C=O) groups excluding carboxylic acids is 1. The van der Waals surface area contributed by atoms with E-state index in [-0.39, 0.29) is 5.91 Å². The van der Waals surface area contributed by atoms with E-state index in [4.69, 9.17) is 4.74 Å². The van der Waals surface area contributed by atoms with Gasteiger partial charge in [0, 0.05) is 26.4 Å². The minimum absolute atomic E-state index is 0.147. The summed E-state index contributed by atoms with van der Waals surface area (Å²) in [6.07, 6.45) is 1.14. The fraction of sp³-hybridized carbons (Fsp3) is 0.250. The molecule has 5 heteroatoms. The third-order valence-corrected chi connectivity index (χ3v) is 2.97. The molecule has 1 unspecified atom stereocenters. The van der Waals surface area contributed by atoms with Crippen LogP contribution in [0.4, 0.5) is 5.82 Å². The number of hydrogen-bond donors (Lipinski definition) is 2. The molecule has 0 radical (unpaired) electrons. The molecule has 2 N–H and O–H groups in total. The molecule has 1 aromatic carbocycles. The molecular formula is C16H19N3O2. The zero-order valence-corrected chi connectivity index (χ0v) is 12.0. The predicted molar refractivity (Wildman–Crippen MR) is 81.9 cm³/mol. The zero-order valence-electron chi connectivity index (χ0n) is 12.0. The van der Waals surface area contributed by atoms with Crippen LogP contribution in [0.3, 0.4) is 0 Å². The number of nitrogens with one attached hydrogen (secondary N) is 2. The Morgan fingerprint density at radius 2 is 1.90 bits per heavy atom. The number of amides is 1. The van der Waals surface area contributed by atoms with Gasteiger partial charge in [-0.15, -0.1) is 0 Å². The van der Waals surface area contributed by atoms with E-state index in [1.165, 1.54) is 7.11 Å². The van der Waals surface area contributed by atoms with Gasteiger partial charge in [0.05, 0.1) is 0 Å². The van der Waals surface area contributed by atoms with Crippen LogP contribution >= 0.6 is 0 Å². The lowest BCUT2D eigenvalue weighted by Gasteiger charge is -2.15. The first kappa shape index (κ1) is 15.0. The van der Waals surface area contributed by atoms with Crippen molar-refractivity contribution >= 4 is 11.7 Å². The van der Waals surface area contributed by atoms with Crippen molar-refractivity contribution in [2.45, 2.75) is 6.10 Å². The van der Waals surface area contributed by atoms with Crippen LogP contribution in [0.15, 0.2) is 54.7 Å². The fourth-order valence-corrected chi connectivity index (χ4v) is 1.96. The molecule has 21 heavy (non-hydrogen) atoms. The van der Waals surface area contributed by atoms with E-state index in [2.05, 4.69) is 15.6 Å². The van der Waals surface area contributed by atoms with Gasteiger partial charge in [-0.2, -0.15) is 0 Å². The summed E-state index contributed by atoms with van der Waals surface area (Å²) in [5, 5.41) is 5.98. The van der Waals surface area contributed by atoms with Gasteiger partial charge in [0.1, 0.15) is 5.82 Å². The van der Waals surface area contributed by atoms with Gasteiger partial charge in [-0.25, -0.2) is 4.98 Å². The molecule has 0 spiro atoms. The highest BCUT2D eigenvalue weighted by atomic mass is 16.5. The number of nitrogens with zero attached hydrogens (tertiary/aromatic N) is 1. The molecule has 110 valence electrons.